The van der Waals surface area contributed by atoms with E-state index in [2.05, 4.69) is 31.4 Å². The molecule has 0 aromatic heterocycles. The minimum absolute atomic E-state index is 0.00793. The van der Waals surface area contributed by atoms with Crippen molar-refractivity contribution < 1.29 is 23.7 Å². The highest BCUT2D eigenvalue weighted by molar-refractivity contribution is 5.81. The molecule has 0 aliphatic carbocycles. The molecule has 0 aliphatic heterocycles. The van der Waals surface area contributed by atoms with Crippen molar-refractivity contribution in [1.29, 1.82) is 0 Å². The van der Waals surface area contributed by atoms with Gasteiger partial charge in [-0.15, -0.1) is 0 Å². The second-order valence-corrected chi connectivity index (χ2v) is 7.86. The molecule has 2 N–H and O–H groups in total. The zero-order valence-electron chi connectivity index (χ0n) is 18.3. The predicted octanol–water partition coefficient (Wildman–Crippen LogP) is 2.38. The van der Waals surface area contributed by atoms with Crippen molar-refractivity contribution in [2.45, 2.75) is 45.9 Å². The topological polar surface area (TPSA) is 78.1 Å². The molecule has 0 heterocycles. The number of benzene rings is 1. The van der Waals surface area contributed by atoms with Gasteiger partial charge in [-0.3, -0.25) is 4.79 Å². The highest BCUT2D eigenvalue weighted by atomic mass is 16.7. The van der Waals surface area contributed by atoms with Gasteiger partial charge in [-0.1, -0.05) is 26.8 Å². The third-order valence-electron chi connectivity index (χ3n) is 4.35. The minimum Gasteiger partial charge on any atom is -0.493 e. The van der Waals surface area contributed by atoms with Crippen molar-refractivity contribution in [3.05, 3.63) is 23.8 Å². The molecule has 0 spiro atoms. The Morgan fingerprint density at radius 3 is 2.21 bits per heavy atom. The number of amides is 1. The molecule has 7 heteroatoms. The van der Waals surface area contributed by atoms with Crippen LogP contribution in [0.4, 0.5) is 0 Å². The van der Waals surface area contributed by atoms with Crippen LogP contribution in [0.3, 0.4) is 0 Å². The lowest BCUT2D eigenvalue weighted by molar-refractivity contribution is -0.125. The summed E-state index contributed by atoms with van der Waals surface area (Å²) in [6.07, 6.45) is 1.02. The van der Waals surface area contributed by atoms with Gasteiger partial charge in [0.25, 0.3) is 0 Å². The second-order valence-electron chi connectivity index (χ2n) is 7.86. The number of methoxy groups -OCH3 is 4. The molecular formula is C21H36N2O5. The smallest absolute Gasteiger partial charge is 0.237 e. The molecule has 1 rings (SSSR count). The van der Waals surface area contributed by atoms with Crippen LogP contribution in [-0.4, -0.2) is 59.8 Å². The summed E-state index contributed by atoms with van der Waals surface area (Å²) in [4.78, 5) is 12.7. The first-order valence-electron chi connectivity index (χ1n) is 9.51. The Morgan fingerprint density at radius 1 is 1.04 bits per heavy atom. The number of rotatable bonds is 12. The van der Waals surface area contributed by atoms with E-state index < -0.39 is 0 Å². The van der Waals surface area contributed by atoms with E-state index in [0.29, 0.717) is 37.4 Å². The highest BCUT2D eigenvalue weighted by Crippen LogP contribution is 2.27. The van der Waals surface area contributed by atoms with E-state index in [-0.39, 0.29) is 23.7 Å². The second kappa shape index (κ2) is 11.9. The Balaban J connectivity index is 2.64. The minimum atomic E-state index is -0.387. The molecule has 0 fully saturated rings. The summed E-state index contributed by atoms with van der Waals surface area (Å²) < 4.78 is 21.0. The fraction of sp³-hybridized carbons (Fsp3) is 0.667. The first kappa shape index (κ1) is 24.2. The highest BCUT2D eigenvalue weighted by Gasteiger charge is 2.25. The van der Waals surface area contributed by atoms with Gasteiger partial charge in [-0.2, -0.15) is 0 Å². The Labute approximate surface area is 169 Å². The molecule has 1 aromatic carbocycles. The molecule has 1 aromatic rings. The number of hydrogen-bond donors (Lipinski definition) is 2. The normalized spacial score (nSPS) is 12.7. The maximum Gasteiger partial charge on any atom is 0.237 e. The molecule has 0 saturated carbocycles. The number of hydrogen-bond acceptors (Lipinski definition) is 6. The number of nitrogens with one attached hydrogen (secondary N) is 2. The first-order chi connectivity index (χ1) is 13.2. The zero-order valence-corrected chi connectivity index (χ0v) is 18.3. The molecule has 0 radical (unpaired) electrons. The molecule has 160 valence electrons. The van der Waals surface area contributed by atoms with Crippen molar-refractivity contribution in [1.82, 2.24) is 10.6 Å². The maximum atomic E-state index is 12.7. The first-order valence-corrected chi connectivity index (χ1v) is 9.51. The van der Waals surface area contributed by atoms with Gasteiger partial charge < -0.3 is 29.6 Å². The molecule has 7 nitrogen and oxygen atoms in total. The molecule has 1 amide bonds. The Kier molecular flexibility index (Phi) is 10.3. The van der Waals surface area contributed by atoms with Crippen LogP contribution in [0.25, 0.3) is 0 Å². The van der Waals surface area contributed by atoms with Gasteiger partial charge in [0.05, 0.1) is 20.3 Å². The lowest BCUT2D eigenvalue weighted by Crippen LogP contribution is -2.49. The van der Waals surface area contributed by atoms with Crippen LogP contribution in [0.1, 0.15) is 32.8 Å². The van der Waals surface area contributed by atoms with Gasteiger partial charge >= 0.3 is 0 Å². The van der Waals surface area contributed by atoms with Gasteiger partial charge in [0, 0.05) is 27.3 Å². The summed E-state index contributed by atoms with van der Waals surface area (Å²) in [7, 11) is 6.38. The molecule has 0 saturated heterocycles. The van der Waals surface area contributed by atoms with Crippen molar-refractivity contribution in [3.63, 3.8) is 0 Å². The van der Waals surface area contributed by atoms with Crippen LogP contribution in [0.5, 0.6) is 11.5 Å². The molecule has 0 unspecified atom stereocenters. The SMILES string of the molecule is COc1ccc(CCNC(=O)[C@@H](CC(C)(C)C)NCC(OC)OC)cc1OC. The number of carbonyl (C=O) groups excluding carboxylic acids is 1. The van der Waals surface area contributed by atoms with Crippen LogP contribution in [0, 0.1) is 5.41 Å². The largest absolute Gasteiger partial charge is 0.493 e. The number of carbonyl (C=O) groups is 1. The van der Waals surface area contributed by atoms with Crippen LogP contribution in [-0.2, 0) is 20.7 Å². The average Bonchev–Trinajstić information content (AvgIpc) is 2.66. The van der Waals surface area contributed by atoms with Crippen LogP contribution >= 0.6 is 0 Å². The van der Waals surface area contributed by atoms with E-state index in [1.54, 1.807) is 28.4 Å². The maximum absolute atomic E-state index is 12.7. The molecule has 1 atom stereocenters. The average molecular weight is 397 g/mol. The van der Waals surface area contributed by atoms with Crippen LogP contribution in [0.2, 0.25) is 0 Å². The Bertz CT molecular complexity index is 597. The van der Waals surface area contributed by atoms with Crippen LogP contribution in [0.15, 0.2) is 18.2 Å². The van der Waals surface area contributed by atoms with Gasteiger partial charge in [-0.25, -0.2) is 0 Å². The van der Waals surface area contributed by atoms with Crippen molar-refractivity contribution in [3.8, 4) is 11.5 Å². The summed E-state index contributed by atoms with van der Waals surface area (Å²) in [6, 6.07) is 5.45. The third-order valence-corrected chi connectivity index (χ3v) is 4.35. The molecular weight excluding hydrogens is 360 g/mol. The van der Waals surface area contributed by atoms with Crippen molar-refractivity contribution in [2.24, 2.45) is 5.41 Å². The lowest BCUT2D eigenvalue weighted by atomic mass is 9.87. The summed E-state index contributed by atoms with van der Waals surface area (Å²) in [5.41, 5.74) is 1.07. The third kappa shape index (κ3) is 8.46. The molecule has 28 heavy (non-hydrogen) atoms. The monoisotopic (exact) mass is 396 g/mol. The fourth-order valence-corrected chi connectivity index (χ4v) is 2.86. The van der Waals surface area contributed by atoms with Crippen molar-refractivity contribution in [2.75, 3.05) is 41.5 Å². The quantitative estimate of drug-likeness (QED) is 0.528. The van der Waals surface area contributed by atoms with E-state index in [4.69, 9.17) is 18.9 Å². The molecule has 0 aliphatic rings. The van der Waals surface area contributed by atoms with E-state index >= 15 is 0 Å². The summed E-state index contributed by atoms with van der Waals surface area (Å²) in [5, 5.41) is 6.29. The summed E-state index contributed by atoms with van der Waals surface area (Å²) in [6.45, 7) is 7.32. The van der Waals surface area contributed by atoms with E-state index in [0.717, 1.165) is 5.56 Å². The Morgan fingerprint density at radius 2 is 1.68 bits per heavy atom. The van der Waals surface area contributed by atoms with E-state index in [1.165, 1.54) is 0 Å². The molecule has 0 bridgehead atoms. The van der Waals surface area contributed by atoms with Gasteiger partial charge in [0.2, 0.25) is 5.91 Å². The zero-order chi connectivity index (χ0) is 21.2. The standard InChI is InChI=1S/C21H36N2O5/c1-21(2,3)13-16(23-14-19(27-6)28-7)20(24)22-11-10-15-8-9-17(25-4)18(12-15)26-5/h8-9,12,16,19,23H,10-11,13-14H2,1-7H3,(H,22,24)/t16-/m1/s1. The summed E-state index contributed by atoms with van der Waals surface area (Å²) in [5.74, 6) is 1.35. The Hall–Kier alpha value is -1.83. The predicted molar refractivity (Wildman–Crippen MR) is 110 cm³/mol. The number of ether oxygens (including phenoxy) is 4. The van der Waals surface area contributed by atoms with Gasteiger partial charge in [0.15, 0.2) is 17.8 Å². The van der Waals surface area contributed by atoms with E-state index in [1.807, 2.05) is 18.2 Å². The van der Waals surface area contributed by atoms with E-state index in [9.17, 15) is 4.79 Å². The fourth-order valence-electron chi connectivity index (χ4n) is 2.86. The van der Waals surface area contributed by atoms with Crippen molar-refractivity contribution >= 4 is 5.91 Å². The van der Waals surface area contributed by atoms with Gasteiger partial charge in [0.1, 0.15) is 0 Å². The van der Waals surface area contributed by atoms with Crippen LogP contribution < -0.4 is 20.1 Å². The lowest BCUT2D eigenvalue weighted by Gasteiger charge is -2.27. The summed E-state index contributed by atoms with van der Waals surface area (Å²) >= 11 is 0. The van der Waals surface area contributed by atoms with Gasteiger partial charge in [-0.05, 0) is 36.0 Å².